The smallest absolute Gasteiger partial charge is 0.338 e. The number of ether oxygens (including phenoxy) is 1. The molecule has 5 unspecified atom stereocenters. The second-order valence-corrected chi connectivity index (χ2v) is 12.9. The van der Waals surface area contributed by atoms with Gasteiger partial charge in [0.25, 0.3) is 0 Å². The molecule has 192 valence electrons. The third kappa shape index (κ3) is 4.29. The maximum Gasteiger partial charge on any atom is 0.338 e. The Labute approximate surface area is 213 Å². The fourth-order valence-electron chi connectivity index (χ4n) is 9.95. The number of pyridine rings is 1. The lowest BCUT2D eigenvalue weighted by Gasteiger charge is -2.62. The molecular formula is C32H47NO2. The highest BCUT2D eigenvalue weighted by Gasteiger charge is 2.60. The van der Waals surface area contributed by atoms with Crippen LogP contribution in [0, 0.1) is 46.3 Å². The average molecular weight is 478 g/mol. The van der Waals surface area contributed by atoms with Crippen molar-refractivity contribution in [3.05, 3.63) is 35.7 Å². The number of rotatable bonds is 6. The zero-order chi connectivity index (χ0) is 24.6. The van der Waals surface area contributed by atoms with E-state index in [0.717, 1.165) is 47.5 Å². The van der Waals surface area contributed by atoms with Gasteiger partial charge in [-0.2, -0.15) is 0 Å². The topological polar surface area (TPSA) is 39.2 Å². The number of allylic oxidation sites excluding steroid dienone is 1. The molecule has 1 heterocycles. The molecule has 0 saturated heterocycles. The molecular weight excluding hydrogens is 430 g/mol. The first-order chi connectivity index (χ1) is 16.9. The van der Waals surface area contributed by atoms with Crippen LogP contribution in [0.3, 0.4) is 0 Å². The van der Waals surface area contributed by atoms with Crippen molar-refractivity contribution in [2.45, 2.75) is 97.8 Å². The minimum atomic E-state index is -0.290. The summed E-state index contributed by atoms with van der Waals surface area (Å²) in [5.74, 6) is 5.40. The van der Waals surface area contributed by atoms with Crippen molar-refractivity contribution >= 4 is 12.0 Å². The number of nitrogens with zero attached hydrogens (tertiary/aromatic N) is 1. The normalized spacial score (nSPS) is 40.7. The molecule has 4 fully saturated rings. The maximum atomic E-state index is 12.1. The summed E-state index contributed by atoms with van der Waals surface area (Å²) < 4.78 is 4.94. The molecule has 0 spiro atoms. The quantitative estimate of drug-likeness (QED) is 0.386. The maximum absolute atomic E-state index is 12.1. The van der Waals surface area contributed by atoms with E-state index in [1.54, 1.807) is 18.5 Å². The van der Waals surface area contributed by atoms with Crippen molar-refractivity contribution in [3.8, 4) is 0 Å². The molecule has 5 rings (SSSR count). The van der Waals surface area contributed by atoms with Crippen LogP contribution in [-0.4, -0.2) is 18.1 Å². The standard InChI is InChI=1S/C32H47NO2/c1-5-22-20-26-28-14-13-24(11-7-6-10-23-21-33-19-16-25(23)30(34)35-4)31(28,2)18-15-29(26)32(3)17-9-8-12-27(22)32/h6,10,16,19,21-22,24,26-29H,5,7-9,11-15,17-18,20H2,1-4H3/b10-6+/t22-,24-,26?,27?,28?,29-,31?,32?/m0/s1. The van der Waals surface area contributed by atoms with Gasteiger partial charge in [0.2, 0.25) is 0 Å². The van der Waals surface area contributed by atoms with Crippen molar-refractivity contribution < 1.29 is 9.53 Å². The minimum absolute atomic E-state index is 0.290. The van der Waals surface area contributed by atoms with E-state index in [-0.39, 0.29) is 5.97 Å². The first-order valence-corrected chi connectivity index (χ1v) is 14.6. The Kier molecular flexibility index (Phi) is 7.16. The molecule has 3 heteroatoms. The SMILES string of the molecule is CC[C@H]1CC2C3CC[C@H](CC/C=C/c4cnccc4C(=O)OC)C3(C)CC[C@@H]2C2(C)CCCCC12. The van der Waals surface area contributed by atoms with Gasteiger partial charge in [0.15, 0.2) is 0 Å². The number of hydrogen-bond donors (Lipinski definition) is 0. The Hall–Kier alpha value is -1.64. The highest BCUT2D eigenvalue weighted by atomic mass is 16.5. The lowest BCUT2D eigenvalue weighted by molar-refractivity contribution is -0.135. The summed E-state index contributed by atoms with van der Waals surface area (Å²) in [5.41, 5.74) is 2.60. The van der Waals surface area contributed by atoms with Crippen LogP contribution in [0.1, 0.15) is 114 Å². The molecule has 4 aliphatic rings. The number of carbonyl (C=O) groups excluding carboxylic acids is 1. The van der Waals surface area contributed by atoms with Gasteiger partial charge in [-0.1, -0.05) is 52.2 Å². The van der Waals surface area contributed by atoms with E-state index in [9.17, 15) is 4.79 Å². The van der Waals surface area contributed by atoms with Crippen LogP contribution in [0.25, 0.3) is 6.08 Å². The van der Waals surface area contributed by atoms with E-state index in [1.165, 1.54) is 77.7 Å². The fourth-order valence-corrected chi connectivity index (χ4v) is 9.95. The van der Waals surface area contributed by atoms with Gasteiger partial charge in [0.05, 0.1) is 12.7 Å². The Morgan fingerprint density at radius 2 is 1.91 bits per heavy atom. The third-order valence-corrected chi connectivity index (χ3v) is 11.7. The third-order valence-electron chi connectivity index (χ3n) is 11.7. The molecule has 0 radical (unpaired) electrons. The molecule has 0 bridgehead atoms. The minimum Gasteiger partial charge on any atom is -0.465 e. The summed E-state index contributed by atoms with van der Waals surface area (Å²) in [4.78, 5) is 16.3. The molecule has 35 heavy (non-hydrogen) atoms. The summed E-state index contributed by atoms with van der Waals surface area (Å²) in [7, 11) is 1.44. The van der Waals surface area contributed by atoms with E-state index in [2.05, 4.69) is 37.9 Å². The summed E-state index contributed by atoms with van der Waals surface area (Å²) in [6.45, 7) is 7.86. The van der Waals surface area contributed by atoms with Crippen LogP contribution in [0.4, 0.5) is 0 Å². The van der Waals surface area contributed by atoms with Crippen LogP contribution in [0.15, 0.2) is 24.5 Å². The van der Waals surface area contributed by atoms with Crippen molar-refractivity contribution in [3.63, 3.8) is 0 Å². The van der Waals surface area contributed by atoms with Crippen LogP contribution < -0.4 is 0 Å². The van der Waals surface area contributed by atoms with Gasteiger partial charge >= 0.3 is 5.97 Å². The predicted molar refractivity (Wildman–Crippen MR) is 143 cm³/mol. The number of carbonyl (C=O) groups is 1. The Bertz CT molecular complexity index is 939. The van der Waals surface area contributed by atoms with Gasteiger partial charge in [-0.3, -0.25) is 4.98 Å². The van der Waals surface area contributed by atoms with Gasteiger partial charge in [0, 0.05) is 18.0 Å². The Morgan fingerprint density at radius 3 is 2.71 bits per heavy atom. The molecule has 0 N–H and O–H groups in total. The molecule has 0 aliphatic heterocycles. The average Bonchev–Trinajstić information content (AvgIpc) is 3.21. The highest BCUT2D eigenvalue weighted by molar-refractivity contribution is 5.93. The molecule has 1 aromatic rings. The molecule has 8 atom stereocenters. The van der Waals surface area contributed by atoms with E-state index in [1.807, 2.05) is 0 Å². The van der Waals surface area contributed by atoms with Crippen LogP contribution in [0.2, 0.25) is 0 Å². The number of aromatic nitrogens is 1. The molecule has 4 aliphatic carbocycles. The first kappa shape index (κ1) is 25.0. The lowest BCUT2D eigenvalue weighted by Crippen LogP contribution is -2.55. The first-order valence-electron chi connectivity index (χ1n) is 14.6. The zero-order valence-electron chi connectivity index (χ0n) is 22.6. The van der Waals surface area contributed by atoms with Gasteiger partial charge in [-0.25, -0.2) is 4.79 Å². The van der Waals surface area contributed by atoms with Crippen LogP contribution in [-0.2, 0) is 4.74 Å². The number of esters is 1. The highest BCUT2D eigenvalue weighted by Crippen LogP contribution is 2.69. The van der Waals surface area contributed by atoms with Gasteiger partial charge in [-0.15, -0.1) is 0 Å². The van der Waals surface area contributed by atoms with Crippen LogP contribution >= 0.6 is 0 Å². The second kappa shape index (κ2) is 10.0. The van der Waals surface area contributed by atoms with E-state index in [4.69, 9.17) is 4.74 Å². The number of hydrogen-bond acceptors (Lipinski definition) is 3. The molecule has 3 nitrogen and oxygen atoms in total. The number of methoxy groups -OCH3 is 1. The number of fused-ring (bicyclic) bond motifs is 5. The summed E-state index contributed by atoms with van der Waals surface area (Å²) >= 11 is 0. The zero-order valence-corrected chi connectivity index (χ0v) is 22.6. The summed E-state index contributed by atoms with van der Waals surface area (Å²) in [6, 6.07) is 1.75. The Morgan fingerprint density at radius 1 is 1.09 bits per heavy atom. The van der Waals surface area contributed by atoms with E-state index >= 15 is 0 Å². The Balaban J connectivity index is 1.27. The molecule has 4 saturated carbocycles. The van der Waals surface area contributed by atoms with E-state index in [0.29, 0.717) is 16.4 Å². The van der Waals surface area contributed by atoms with Crippen molar-refractivity contribution in [2.75, 3.05) is 7.11 Å². The van der Waals surface area contributed by atoms with Crippen LogP contribution in [0.5, 0.6) is 0 Å². The van der Waals surface area contributed by atoms with Gasteiger partial charge in [-0.05, 0) is 110 Å². The lowest BCUT2D eigenvalue weighted by atomic mass is 9.42. The van der Waals surface area contributed by atoms with Gasteiger partial charge < -0.3 is 4.74 Å². The fraction of sp³-hybridized carbons (Fsp3) is 0.750. The van der Waals surface area contributed by atoms with Crippen molar-refractivity contribution in [2.24, 2.45) is 46.3 Å². The second-order valence-electron chi connectivity index (χ2n) is 12.9. The molecule has 0 amide bonds. The van der Waals surface area contributed by atoms with Gasteiger partial charge in [0.1, 0.15) is 0 Å². The predicted octanol–water partition coefficient (Wildman–Crippen LogP) is 8.35. The van der Waals surface area contributed by atoms with Crippen molar-refractivity contribution in [1.29, 1.82) is 0 Å². The largest absolute Gasteiger partial charge is 0.465 e. The summed E-state index contributed by atoms with van der Waals surface area (Å²) in [5, 5.41) is 0. The summed E-state index contributed by atoms with van der Waals surface area (Å²) in [6.07, 6.45) is 24.7. The van der Waals surface area contributed by atoms with Crippen molar-refractivity contribution in [1.82, 2.24) is 4.98 Å². The monoisotopic (exact) mass is 477 g/mol. The molecule has 0 aromatic carbocycles. The van der Waals surface area contributed by atoms with E-state index < -0.39 is 0 Å². The molecule has 1 aromatic heterocycles.